The van der Waals surface area contributed by atoms with Crippen molar-refractivity contribution in [1.82, 2.24) is 0 Å². The molecule has 0 saturated carbocycles. The lowest BCUT2D eigenvalue weighted by molar-refractivity contribution is 0.485. The minimum absolute atomic E-state index is 0.138. The Hall–Kier alpha value is -1.07. The third kappa shape index (κ3) is 1.52. The first-order chi connectivity index (χ1) is 6.08. The van der Waals surface area contributed by atoms with Crippen LogP contribution in [-0.2, 0) is 10.3 Å². The zero-order valence-electron chi connectivity index (χ0n) is 6.27. The van der Waals surface area contributed by atoms with Crippen molar-refractivity contribution in [2.45, 2.75) is 0 Å². The maximum Gasteiger partial charge on any atom is 0.428 e. The van der Waals surface area contributed by atoms with Crippen molar-refractivity contribution in [1.29, 1.82) is 0 Å². The van der Waals surface area contributed by atoms with Gasteiger partial charge in [0.15, 0.2) is 5.75 Å². The Kier molecular flexibility index (Phi) is 1.78. The van der Waals surface area contributed by atoms with E-state index in [1.807, 2.05) is 0 Å². The molecule has 6 heteroatoms. The highest BCUT2D eigenvalue weighted by atomic mass is 35.5. The predicted octanol–water partition coefficient (Wildman–Crippen LogP) is 1.40. The molecule has 1 aromatic carbocycles. The smallest absolute Gasteiger partial charge is 0.363 e. The van der Waals surface area contributed by atoms with E-state index in [4.69, 9.17) is 11.6 Å². The molecule has 0 saturated heterocycles. The van der Waals surface area contributed by atoms with Gasteiger partial charge in [-0.05, 0) is 12.1 Å². The van der Waals surface area contributed by atoms with E-state index >= 15 is 0 Å². The maximum absolute atomic E-state index is 10.9. The lowest BCUT2D eigenvalue weighted by Gasteiger charge is -2.11. The summed E-state index contributed by atoms with van der Waals surface area (Å²) < 4.78 is 29.6. The number of nitrogens with zero attached hydrogens (tertiary/aromatic N) is 1. The van der Waals surface area contributed by atoms with E-state index in [-0.39, 0.29) is 10.8 Å². The molecular weight excluding hydrogens is 214 g/mol. The van der Waals surface area contributed by atoms with E-state index < -0.39 is 10.3 Å². The van der Waals surface area contributed by atoms with E-state index in [1.165, 1.54) is 6.21 Å². The third-order valence-electron chi connectivity index (χ3n) is 1.51. The molecule has 4 nitrogen and oxygen atoms in total. The van der Waals surface area contributed by atoms with Gasteiger partial charge in [-0.2, -0.15) is 8.42 Å². The van der Waals surface area contributed by atoms with Gasteiger partial charge >= 0.3 is 10.3 Å². The summed E-state index contributed by atoms with van der Waals surface area (Å²) in [5.74, 6) is 0.138. The van der Waals surface area contributed by atoms with Gasteiger partial charge in [0.2, 0.25) is 0 Å². The predicted molar refractivity (Wildman–Crippen MR) is 48.6 cm³/mol. The number of halogens is 1. The average Bonchev–Trinajstić information content (AvgIpc) is 2.06. The summed E-state index contributed by atoms with van der Waals surface area (Å²) >= 11 is 5.72. The van der Waals surface area contributed by atoms with Crippen molar-refractivity contribution < 1.29 is 12.6 Å². The zero-order chi connectivity index (χ0) is 9.47. The second-order valence-electron chi connectivity index (χ2n) is 2.40. The summed E-state index contributed by atoms with van der Waals surface area (Å²) in [4.78, 5) is 0. The van der Waals surface area contributed by atoms with Crippen molar-refractivity contribution in [2.24, 2.45) is 4.40 Å². The molecule has 0 atom stereocenters. The summed E-state index contributed by atoms with van der Waals surface area (Å²) in [5, 5.41) is 0.257. The standard InChI is InChI=1S/C7H4ClNO3S/c8-6-3-1-2-5-4-9-13(10,11)12-7(5)6/h1-4H. The van der Waals surface area contributed by atoms with Crippen molar-refractivity contribution in [3.63, 3.8) is 0 Å². The van der Waals surface area contributed by atoms with Gasteiger partial charge in [-0.3, -0.25) is 0 Å². The van der Waals surface area contributed by atoms with Gasteiger partial charge in [-0.25, -0.2) is 0 Å². The molecule has 2 rings (SSSR count). The molecule has 0 aliphatic carbocycles. The summed E-state index contributed by atoms with van der Waals surface area (Å²) in [6.45, 7) is 0. The van der Waals surface area contributed by atoms with Gasteiger partial charge in [0.25, 0.3) is 0 Å². The number of hydrogen-bond donors (Lipinski definition) is 0. The van der Waals surface area contributed by atoms with Crippen LogP contribution in [0.5, 0.6) is 5.75 Å². The highest BCUT2D eigenvalue weighted by Crippen LogP contribution is 2.31. The lowest BCUT2D eigenvalue weighted by atomic mass is 10.2. The van der Waals surface area contributed by atoms with Crippen LogP contribution in [0.3, 0.4) is 0 Å². The Morgan fingerprint density at radius 2 is 2.15 bits per heavy atom. The van der Waals surface area contributed by atoms with Gasteiger partial charge < -0.3 is 4.18 Å². The fourth-order valence-corrected chi connectivity index (χ4v) is 1.91. The SMILES string of the molecule is O=S1(=O)N=Cc2cccc(Cl)c2O1. The molecule has 0 amide bonds. The van der Waals surface area contributed by atoms with Gasteiger partial charge in [-0.1, -0.05) is 17.7 Å². The quantitative estimate of drug-likeness (QED) is 0.660. The van der Waals surface area contributed by atoms with E-state index in [1.54, 1.807) is 18.2 Å². The molecule has 0 bridgehead atoms. The van der Waals surface area contributed by atoms with Gasteiger partial charge in [-0.15, -0.1) is 4.40 Å². The molecule has 68 valence electrons. The summed E-state index contributed by atoms with van der Waals surface area (Å²) in [6.07, 6.45) is 1.21. The van der Waals surface area contributed by atoms with Crippen LogP contribution in [0.2, 0.25) is 5.02 Å². The third-order valence-corrected chi connectivity index (χ3v) is 2.55. The molecule has 0 radical (unpaired) electrons. The Bertz CT molecular complexity index is 481. The van der Waals surface area contributed by atoms with E-state index in [0.717, 1.165) is 0 Å². The van der Waals surface area contributed by atoms with Crippen LogP contribution in [0, 0.1) is 0 Å². The summed E-state index contributed by atoms with van der Waals surface area (Å²) in [6, 6.07) is 4.91. The van der Waals surface area contributed by atoms with Crippen LogP contribution in [0.25, 0.3) is 0 Å². The number of fused-ring (bicyclic) bond motifs is 1. The largest absolute Gasteiger partial charge is 0.428 e. The number of hydrogen-bond acceptors (Lipinski definition) is 3. The molecular formula is C7H4ClNO3S. The fraction of sp³-hybridized carbons (Fsp3) is 0. The van der Waals surface area contributed by atoms with Crippen LogP contribution in [0.15, 0.2) is 22.6 Å². The molecule has 0 N–H and O–H groups in total. The van der Waals surface area contributed by atoms with Crippen LogP contribution >= 0.6 is 11.6 Å². The molecule has 13 heavy (non-hydrogen) atoms. The average molecular weight is 218 g/mol. The lowest BCUT2D eigenvalue weighted by Crippen LogP contribution is -2.12. The Morgan fingerprint density at radius 1 is 1.38 bits per heavy atom. The molecule has 0 unspecified atom stereocenters. The van der Waals surface area contributed by atoms with Crippen molar-refractivity contribution in [2.75, 3.05) is 0 Å². The zero-order valence-corrected chi connectivity index (χ0v) is 7.84. The molecule has 0 spiro atoms. The van der Waals surface area contributed by atoms with Gasteiger partial charge in [0.1, 0.15) is 0 Å². The van der Waals surface area contributed by atoms with Crippen LogP contribution < -0.4 is 4.18 Å². The van der Waals surface area contributed by atoms with Crippen molar-refractivity contribution in [3.05, 3.63) is 28.8 Å². The molecule has 1 aliphatic heterocycles. The Balaban J connectivity index is 2.67. The van der Waals surface area contributed by atoms with E-state index in [2.05, 4.69) is 8.58 Å². The number of para-hydroxylation sites is 1. The number of benzene rings is 1. The summed E-state index contributed by atoms with van der Waals surface area (Å²) in [7, 11) is -3.83. The first-order valence-corrected chi connectivity index (χ1v) is 5.11. The Morgan fingerprint density at radius 3 is 2.92 bits per heavy atom. The second-order valence-corrected chi connectivity index (χ2v) is 4.04. The van der Waals surface area contributed by atoms with Gasteiger partial charge in [0, 0.05) is 5.56 Å². The number of rotatable bonds is 0. The highest BCUT2D eigenvalue weighted by Gasteiger charge is 2.20. The van der Waals surface area contributed by atoms with Crippen LogP contribution in [0.4, 0.5) is 0 Å². The van der Waals surface area contributed by atoms with Crippen LogP contribution in [-0.4, -0.2) is 14.6 Å². The molecule has 0 aromatic heterocycles. The molecule has 1 aromatic rings. The van der Waals surface area contributed by atoms with Gasteiger partial charge in [0.05, 0.1) is 11.2 Å². The van der Waals surface area contributed by atoms with Crippen molar-refractivity contribution in [3.8, 4) is 5.75 Å². The molecule has 1 heterocycles. The van der Waals surface area contributed by atoms with E-state index in [0.29, 0.717) is 5.56 Å². The van der Waals surface area contributed by atoms with E-state index in [9.17, 15) is 8.42 Å². The molecule has 1 aliphatic rings. The monoisotopic (exact) mass is 217 g/mol. The fourth-order valence-electron chi connectivity index (χ4n) is 0.963. The summed E-state index contributed by atoms with van der Waals surface area (Å²) in [5.41, 5.74) is 0.558. The van der Waals surface area contributed by atoms with Crippen LogP contribution in [0.1, 0.15) is 5.56 Å². The topological polar surface area (TPSA) is 55.7 Å². The molecule has 0 fully saturated rings. The Labute approximate surface area is 80.1 Å². The minimum Gasteiger partial charge on any atom is -0.363 e. The minimum atomic E-state index is -3.83. The highest BCUT2D eigenvalue weighted by molar-refractivity contribution is 7.86. The van der Waals surface area contributed by atoms with Crippen molar-refractivity contribution >= 4 is 28.1 Å². The first-order valence-electron chi connectivity index (χ1n) is 3.37. The second kappa shape index (κ2) is 2.71. The normalized spacial score (nSPS) is 17.6. The maximum atomic E-state index is 10.9. The first kappa shape index (κ1) is 8.52.